The van der Waals surface area contributed by atoms with Gasteiger partial charge in [0, 0.05) is 70.9 Å². The highest BCUT2D eigenvalue weighted by Gasteiger charge is 2.51. The first-order valence-corrected chi connectivity index (χ1v) is 40.4. The van der Waals surface area contributed by atoms with E-state index in [1.165, 1.54) is 59.4 Å². The third-order valence-corrected chi connectivity index (χ3v) is 24.4. The van der Waals surface area contributed by atoms with Crippen LogP contribution < -0.4 is 5.46 Å². The molecule has 0 bridgehead atoms. The van der Waals surface area contributed by atoms with Gasteiger partial charge in [-0.3, -0.25) is 9.97 Å². The Morgan fingerprint density at radius 2 is 0.595 bits per heavy atom. The van der Waals surface area contributed by atoms with Crippen molar-refractivity contribution >= 4 is 166 Å². The van der Waals surface area contributed by atoms with Crippen molar-refractivity contribution in [2.75, 3.05) is 0 Å². The van der Waals surface area contributed by atoms with Gasteiger partial charge in [0.15, 0.2) is 0 Å². The summed E-state index contributed by atoms with van der Waals surface area (Å²) in [7, 11) is -0.396. The second kappa shape index (κ2) is 28.6. The lowest BCUT2D eigenvalue weighted by Crippen LogP contribution is -2.41. The summed E-state index contributed by atoms with van der Waals surface area (Å²) in [5, 5.41) is 18.8. The molecule has 1 fully saturated rings. The SMILES string of the molecule is CC1(C)OB(c2cccc(-c3cccc(-c4cnc5c6ccccc6c6ccccc6c5n4)c3)c2)OC1(C)C.Ic1cccc2c1oc1c(-c3ccccc3)cc3ccccc3c12.c1ccc(-c2cc3ccccc3c3c2oc2c(-c4cccc(-c5cccc(-c6cnc7c8ccccc8c8ccccc8c7n6)c5)c4)cccc23)cc1. The first kappa shape index (κ1) is 70.4. The van der Waals surface area contributed by atoms with Gasteiger partial charge in [0.2, 0.25) is 0 Å². The first-order chi connectivity index (χ1) is 56.9. The number of rotatable bonds is 8. The second-order valence-corrected chi connectivity index (χ2v) is 32.1. The van der Waals surface area contributed by atoms with Crippen LogP contribution in [0.1, 0.15) is 27.7 Å². The summed E-state index contributed by atoms with van der Waals surface area (Å²) in [6.45, 7) is 8.32. The highest BCUT2D eigenvalue weighted by Crippen LogP contribution is 2.47. The number of furan rings is 2. The van der Waals surface area contributed by atoms with Crippen LogP contribution in [-0.2, 0) is 9.31 Å². The maximum Gasteiger partial charge on any atom is 0.494 e. The molecule has 0 radical (unpaired) electrons. The van der Waals surface area contributed by atoms with Gasteiger partial charge >= 0.3 is 7.12 Å². The molecule has 116 heavy (non-hydrogen) atoms. The van der Waals surface area contributed by atoms with Gasteiger partial charge in [-0.05, 0) is 174 Å². The van der Waals surface area contributed by atoms with E-state index in [9.17, 15) is 0 Å². The maximum atomic E-state index is 6.93. The van der Waals surface area contributed by atoms with Gasteiger partial charge in [-0.1, -0.05) is 315 Å². The Bertz CT molecular complexity index is 7620. The zero-order chi connectivity index (χ0) is 77.8. The van der Waals surface area contributed by atoms with Crippen LogP contribution >= 0.6 is 22.6 Å². The molecule has 0 N–H and O–H groups in total. The zero-order valence-electron chi connectivity index (χ0n) is 64.0. The lowest BCUT2D eigenvalue weighted by molar-refractivity contribution is 0.00578. The summed E-state index contributed by atoms with van der Waals surface area (Å²) >= 11 is 2.35. The molecule has 0 saturated carbocycles. The van der Waals surface area contributed by atoms with E-state index in [-0.39, 0.29) is 11.2 Å². The standard InChI is InChI=1S/C50H30N2O.C34H29BN2O2.C22H13IO/c1-2-13-31(14-3-1)44-29-35-15-4-5-20-37(35)46-43-26-12-25-38(49(43)53-50(44)46)34-18-10-16-32(27-34)33-17-11-19-36(28-33)45-30-51-47-41-23-8-6-21-39(41)40-22-7-9-24-42(40)48(47)52-45;1-33(2)34(3,4)39-35(38-33)25-14-10-12-23(20-25)22-11-9-13-24(19-22)30-21-36-31-28-17-7-5-15-26(28)27-16-6-8-18-29(27)32(31)37-30;23-19-12-6-11-17-20-16-10-5-4-9-15(16)13-18(22(20)24-21(17)19)14-7-2-1-3-8-14/h1-30H;5-21H,1-4H3;1-13H. The molecule has 0 spiro atoms. The first-order valence-electron chi connectivity index (χ1n) is 39.3. The Morgan fingerprint density at radius 1 is 0.259 bits per heavy atom. The highest BCUT2D eigenvalue weighted by atomic mass is 127. The van der Waals surface area contributed by atoms with Crippen molar-refractivity contribution in [3.8, 4) is 78.1 Å². The number of nitrogens with zero attached hydrogens (tertiary/aromatic N) is 4. The smallest absolute Gasteiger partial charge is 0.455 e. The van der Waals surface area contributed by atoms with E-state index in [2.05, 4.69) is 396 Å². The lowest BCUT2D eigenvalue weighted by atomic mass is 9.78. The van der Waals surface area contributed by atoms with Crippen LogP contribution in [0, 0.1) is 3.57 Å². The summed E-state index contributed by atoms with van der Waals surface area (Å²) < 4.78 is 27.0. The normalized spacial score (nSPS) is 13.3. The Labute approximate surface area is 683 Å². The molecule has 0 atom stereocenters. The Kier molecular flexibility index (Phi) is 17.3. The summed E-state index contributed by atoms with van der Waals surface area (Å²) in [5.74, 6) is 0. The summed E-state index contributed by atoms with van der Waals surface area (Å²) in [5.41, 5.74) is 22.7. The largest absolute Gasteiger partial charge is 0.494 e. The molecule has 0 unspecified atom stereocenters. The van der Waals surface area contributed by atoms with Crippen LogP contribution in [0.15, 0.2) is 373 Å². The minimum Gasteiger partial charge on any atom is -0.455 e. The molecule has 0 aliphatic carbocycles. The minimum absolute atomic E-state index is 0.377. The summed E-state index contributed by atoms with van der Waals surface area (Å²) in [6.07, 6.45) is 3.80. The summed E-state index contributed by atoms with van der Waals surface area (Å²) in [6, 6.07) is 124. The van der Waals surface area contributed by atoms with Crippen molar-refractivity contribution in [3.63, 3.8) is 0 Å². The number of para-hydroxylation sites is 2. The molecule has 22 aromatic rings. The van der Waals surface area contributed by atoms with E-state index >= 15 is 0 Å². The average Bonchev–Trinajstić information content (AvgIpc) is 1.54. The fourth-order valence-electron chi connectivity index (χ4n) is 17.1. The maximum absolute atomic E-state index is 6.93. The van der Waals surface area contributed by atoms with E-state index in [0.717, 1.165) is 158 Å². The fraction of sp³-hybridized carbons (Fsp3) is 0.0566. The summed E-state index contributed by atoms with van der Waals surface area (Å²) in [4.78, 5) is 20.4. The number of benzene rings is 18. The van der Waals surface area contributed by atoms with Crippen molar-refractivity contribution in [1.82, 2.24) is 19.9 Å². The molecule has 4 aromatic heterocycles. The zero-order valence-corrected chi connectivity index (χ0v) is 66.2. The molecule has 18 aromatic carbocycles. The van der Waals surface area contributed by atoms with Crippen LogP contribution in [-0.4, -0.2) is 38.3 Å². The van der Waals surface area contributed by atoms with Gasteiger partial charge in [-0.25, -0.2) is 9.97 Å². The van der Waals surface area contributed by atoms with Crippen LogP contribution in [0.4, 0.5) is 0 Å². The van der Waals surface area contributed by atoms with Gasteiger partial charge in [-0.15, -0.1) is 0 Å². The van der Waals surface area contributed by atoms with Gasteiger partial charge in [0.25, 0.3) is 0 Å². The van der Waals surface area contributed by atoms with Gasteiger partial charge in [0.1, 0.15) is 22.3 Å². The molecule has 0 amide bonds. The van der Waals surface area contributed by atoms with Crippen LogP contribution in [0.2, 0.25) is 0 Å². The van der Waals surface area contributed by atoms with E-state index in [0.29, 0.717) is 0 Å². The predicted octanol–water partition coefficient (Wildman–Crippen LogP) is 28.2. The number of fused-ring (bicyclic) bond motifs is 22. The Balaban J connectivity index is 0.000000117. The third kappa shape index (κ3) is 12.2. The monoisotopic (exact) mass is 1600 g/mol. The number of aromatic nitrogens is 4. The van der Waals surface area contributed by atoms with Crippen LogP contribution in [0.3, 0.4) is 0 Å². The minimum atomic E-state index is -0.396. The molecule has 8 nitrogen and oxygen atoms in total. The second-order valence-electron chi connectivity index (χ2n) is 31.0. The van der Waals surface area contributed by atoms with Crippen molar-refractivity contribution < 1.29 is 18.1 Å². The van der Waals surface area contributed by atoms with Crippen LogP contribution in [0.5, 0.6) is 0 Å². The predicted molar refractivity (Wildman–Crippen MR) is 492 cm³/mol. The third-order valence-electron chi connectivity index (χ3n) is 23.5. The molecular formula is C106H72BIN4O4. The number of hydrogen-bond acceptors (Lipinski definition) is 8. The fourth-order valence-corrected chi connectivity index (χ4v) is 17.7. The molecule has 23 rings (SSSR count). The van der Waals surface area contributed by atoms with E-state index < -0.39 is 7.12 Å². The molecular weight excluding hydrogens is 1530 g/mol. The number of hydrogen-bond donors (Lipinski definition) is 0. The Hall–Kier alpha value is -13.5. The van der Waals surface area contributed by atoms with Gasteiger partial charge in [-0.2, -0.15) is 0 Å². The molecule has 1 aliphatic rings. The topological polar surface area (TPSA) is 96.3 Å². The van der Waals surface area contributed by atoms with Crippen molar-refractivity contribution in [2.45, 2.75) is 38.9 Å². The molecule has 1 aliphatic heterocycles. The highest BCUT2D eigenvalue weighted by molar-refractivity contribution is 14.1. The quantitative estimate of drug-likeness (QED) is 0.0843. The number of halogens is 1. The van der Waals surface area contributed by atoms with Gasteiger partial charge in [0.05, 0.1) is 60.6 Å². The Morgan fingerprint density at radius 3 is 1.07 bits per heavy atom. The van der Waals surface area contributed by atoms with Gasteiger partial charge < -0.3 is 18.1 Å². The van der Waals surface area contributed by atoms with Crippen molar-refractivity contribution in [2.24, 2.45) is 0 Å². The average molecular weight is 1600 g/mol. The van der Waals surface area contributed by atoms with E-state index in [1.807, 2.05) is 18.5 Å². The van der Waals surface area contributed by atoms with E-state index in [1.54, 1.807) is 0 Å². The van der Waals surface area contributed by atoms with Crippen molar-refractivity contribution in [3.05, 3.63) is 368 Å². The van der Waals surface area contributed by atoms with Crippen molar-refractivity contribution in [1.29, 1.82) is 0 Å². The lowest BCUT2D eigenvalue weighted by Gasteiger charge is -2.32. The molecule has 5 heterocycles. The van der Waals surface area contributed by atoms with E-state index in [4.69, 9.17) is 38.1 Å². The van der Waals surface area contributed by atoms with Crippen LogP contribution in [0.25, 0.3) is 209 Å². The molecule has 10 heteroatoms. The molecule has 1 saturated heterocycles. The molecule has 550 valence electrons.